The SMILES string of the molecule is CCC(C)N(CCOC)CC(C)C#N. The molecule has 0 saturated carbocycles. The lowest BCUT2D eigenvalue weighted by Gasteiger charge is -2.28. The highest BCUT2D eigenvalue weighted by atomic mass is 16.5. The third kappa shape index (κ3) is 5.21. The molecule has 0 aromatic rings. The Hall–Kier alpha value is -0.590. The summed E-state index contributed by atoms with van der Waals surface area (Å²) >= 11 is 0. The monoisotopic (exact) mass is 198 g/mol. The summed E-state index contributed by atoms with van der Waals surface area (Å²) in [7, 11) is 1.71. The van der Waals surface area contributed by atoms with E-state index in [1.807, 2.05) is 6.92 Å². The molecule has 0 spiro atoms. The Morgan fingerprint density at radius 1 is 1.43 bits per heavy atom. The van der Waals surface area contributed by atoms with Crippen LogP contribution in [0, 0.1) is 17.2 Å². The maximum absolute atomic E-state index is 8.76. The minimum Gasteiger partial charge on any atom is -0.383 e. The Morgan fingerprint density at radius 2 is 2.07 bits per heavy atom. The van der Waals surface area contributed by atoms with Gasteiger partial charge in [-0.3, -0.25) is 4.90 Å². The molecule has 0 fully saturated rings. The normalized spacial score (nSPS) is 15.1. The first-order valence-corrected chi connectivity index (χ1v) is 5.28. The van der Waals surface area contributed by atoms with Crippen LogP contribution in [0.1, 0.15) is 27.2 Å². The van der Waals surface area contributed by atoms with Gasteiger partial charge in [0.15, 0.2) is 0 Å². The zero-order chi connectivity index (χ0) is 11.0. The Kier molecular flexibility index (Phi) is 7.45. The number of nitriles is 1. The van der Waals surface area contributed by atoms with Crippen molar-refractivity contribution in [2.75, 3.05) is 26.8 Å². The molecule has 0 N–H and O–H groups in total. The number of hydrogen-bond donors (Lipinski definition) is 0. The largest absolute Gasteiger partial charge is 0.383 e. The molecule has 0 aliphatic rings. The number of ether oxygens (including phenoxy) is 1. The van der Waals surface area contributed by atoms with Gasteiger partial charge in [0.05, 0.1) is 18.6 Å². The number of hydrogen-bond acceptors (Lipinski definition) is 3. The average molecular weight is 198 g/mol. The predicted molar refractivity (Wildman–Crippen MR) is 58.0 cm³/mol. The van der Waals surface area contributed by atoms with Crippen molar-refractivity contribution in [2.24, 2.45) is 5.92 Å². The second-order valence-corrected chi connectivity index (χ2v) is 3.78. The zero-order valence-corrected chi connectivity index (χ0v) is 9.79. The van der Waals surface area contributed by atoms with Crippen molar-refractivity contribution in [3.05, 3.63) is 0 Å². The highest BCUT2D eigenvalue weighted by Gasteiger charge is 2.14. The van der Waals surface area contributed by atoms with Crippen molar-refractivity contribution in [2.45, 2.75) is 33.2 Å². The number of rotatable bonds is 7. The first-order valence-electron chi connectivity index (χ1n) is 5.28. The van der Waals surface area contributed by atoms with E-state index in [9.17, 15) is 0 Å². The van der Waals surface area contributed by atoms with E-state index in [1.165, 1.54) is 0 Å². The topological polar surface area (TPSA) is 36.3 Å². The molecule has 0 bridgehead atoms. The van der Waals surface area contributed by atoms with Crippen molar-refractivity contribution in [3.63, 3.8) is 0 Å². The van der Waals surface area contributed by atoms with E-state index in [-0.39, 0.29) is 5.92 Å². The lowest BCUT2D eigenvalue weighted by molar-refractivity contribution is 0.117. The molecule has 2 atom stereocenters. The van der Waals surface area contributed by atoms with E-state index in [2.05, 4.69) is 24.8 Å². The molecule has 0 radical (unpaired) electrons. The molecule has 0 aromatic carbocycles. The quantitative estimate of drug-likeness (QED) is 0.627. The second-order valence-electron chi connectivity index (χ2n) is 3.78. The zero-order valence-electron chi connectivity index (χ0n) is 9.79. The van der Waals surface area contributed by atoms with Crippen LogP contribution in [0.2, 0.25) is 0 Å². The standard InChI is InChI=1S/C11H22N2O/c1-5-11(3)13(6-7-14-4)9-10(2)8-12/h10-11H,5-7,9H2,1-4H3. The lowest BCUT2D eigenvalue weighted by Crippen LogP contribution is -2.38. The number of methoxy groups -OCH3 is 1. The van der Waals surface area contributed by atoms with E-state index in [0.29, 0.717) is 6.04 Å². The van der Waals surface area contributed by atoms with Gasteiger partial charge in [0.25, 0.3) is 0 Å². The van der Waals surface area contributed by atoms with Gasteiger partial charge < -0.3 is 4.74 Å². The van der Waals surface area contributed by atoms with Gasteiger partial charge in [0, 0.05) is 26.2 Å². The first kappa shape index (κ1) is 13.4. The maximum atomic E-state index is 8.76. The average Bonchev–Trinajstić information content (AvgIpc) is 2.22. The molecule has 0 aromatic heterocycles. The van der Waals surface area contributed by atoms with Gasteiger partial charge >= 0.3 is 0 Å². The fourth-order valence-corrected chi connectivity index (χ4v) is 1.35. The van der Waals surface area contributed by atoms with Gasteiger partial charge in [-0.25, -0.2) is 0 Å². The maximum Gasteiger partial charge on any atom is 0.0666 e. The van der Waals surface area contributed by atoms with E-state index in [1.54, 1.807) is 7.11 Å². The van der Waals surface area contributed by atoms with Crippen LogP contribution in [0.15, 0.2) is 0 Å². The molecule has 82 valence electrons. The fraction of sp³-hybridized carbons (Fsp3) is 0.909. The Bertz CT molecular complexity index is 177. The summed E-state index contributed by atoms with van der Waals surface area (Å²) in [5, 5.41) is 8.76. The third-order valence-electron chi connectivity index (χ3n) is 2.53. The smallest absolute Gasteiger partial charge is 0.0666 e. The lowest BCUT2D eigenvalue weighted by atomic mass is 10.1. The van der Waals surface area contributed by atoms with Crippen LogP contribution in [0.25, 0.3) is 0 Å². The molecule has 0 saturated heterocycles. The Labute approximate surface area is 87.7 Å². The summed E-state index contributed by atoms with van der Waals surface area (Å²) in [4.78, 5) is 2.32. The molecule has 0 aliphatic carbocycles. The second kappa shape index (κ2) is 7.78. The van der Waals surface area contributed by atoms with Gasteiger partial charge in [0.2, 0.25) is 0 Å². The van der Waals surface area contributed by atoms with Crippen molar-refractivity contribution >= 4 is 0 Å². The van der Waals surface area contributed by atoms with Crippen LogP contribution < -0.4 is 0 Å². The first-order chi connectivity index (χ1) is 6.65. The molecule has 3 nitrogen and oxygen atoms in total. The summed E-state index contributed by atoms with van der Waals surface area (Å²) < 4.78 is 5.06. The van der Waals surface area contributed by atoms with Crippen LogP contribution >= 0.6 is 0 Å². The molecule has 0 aliphatic heterocycles. The summed E-state index contributed by atoms with van der Waals surface area (Å²) in [6, 6.07) is 2.80. The van der Waals surface area contributed by atoms with Gasteiger partial charge in [0.1, 0.15) is 0 Å². The van der Waals surface area contributed by atoms with Crippen LogP contribution in [0.4, 0.5) is 0 Å². The minimum atomic E-state index is 0.0980. The van der Waals surface area contributed by atoms with Crippen molar-refractivity contribution in [1.82, 2.24) is 4.90 Å². The summed E-state index contributed by atoms with van der Waals surface area (Å²) in [6.07, 6.45) is 1.11. The van der Waals surface area contributed by atoms with E-state index in [4.69, 9.17) is 10.00 Å². The summed E-state index contributed by atoms with van der Waals surface area (Å²) in [6.45, 7) is 8.82. The molecular formula is C11H22N2O. The molecule has 0 amide bonds. The Balaban J connectivity index is 4.04. The van der Waals surface area contributed by atoms with E-state index >= 15 is 0 Å². The van der Waals surface area contributed by atoms with Crippen LogP contribution in [0.5, 0.6) is 0 Å². The summed E-state index contributed by atoms with van der Waals surface area (Å²) in [5.41, 5.74) is 0. The van der Waals surface area contributed by atoms with Crippen molar-refractivity contribution in [3.8, 4) is 6.07 Å². The van der Waals surface area contributed by atoms with Gasteiger partial charge in [-0.2, -0.15) is 5.26 Å². The predicted octanol–water partition coefficient (Wildman–Crippen LogP) is 1.89. The third-order valence-corrected chi connectivity index (χ3v) is 2.53. The summed E-state index contributed by atoms with van der Waals surface area (Å²) in [5.74, 6) is 0.0980. The van der Waals surface area contributed by atoms with Gasteiger partial charge in [-0.15, -0.1) is 0 Å². The fourth-order valence-electron chi connectivity index (χ4n) is 1.35. The van der Waals surface area contributed by atoms with Gasteiger partial charge in [-0.05, 0) is 20.3 Å². The van der Waals surface area contributed by atoms with Crippen LogP contribution in [-0.4, -0.2) is 37.7 Å². The van der Waals surface area contributed by atoms with Crippen molar-refractivity contribution in [1.29, 1.82) is 5.26 Å². The molecular weight excluding hydrogens is 176 g/mol. The molecule has 2 unspecified atom stereocenters. The number of nitrogens with zero attached hydrogens (tertiary/aromatic N) is 2. The van der Waals surface area contributed by atoms with Crippen molar-refractivity contribution < 1.29 is 4.74 Å². The van der Waals surface area contributed by atoms with Crippen LogP contribution in [0.3, 0.4) is 0 Å². The van der Waals surface area contributed by atoms with Crippen LogP contribution in [-0.2, 0) is 4.74 Å². The van der Waals surface area contributed by atoms with E-state index < -0.39 is 0 Å². The molecule has 0 rings (SSSR count). The Morgan fingerprint density at radius 3 is 2.50 bits per heavy atom. The van der Waals surface area contributed by atoms with E-state index in [0.717, 1.165) is 26.1 Å². The molecule has 0 heterocycles. The highest BCUT2D eigenvalue weighted by molar-refractivity contribution is 4.82. The molecule has 14 heavy (non-hydrogen) atoms. The van der Waals surface area contributed by atoms with Gasteiger partial charge in [-0.1, -0.05) is 6.92 Å². The molecule has 3 heteroatoms. The highest BCUT2D eigenvalue weighted by Crippen LogP contribution is 2.06. The minimum absolute atomic E-state index is 0.0980.